The Kier molecular flexibility index (Phi) is 6.83. The third kappa shape index (κ3) is 5.66. The zero-order chi connectivity index (χ0) is 21.6. The number of aromatic nitrogens is 1. The molecule has 1 heterocycles. The van der Waals surface area contributed by atoms with Gasteiger partial charge in [0.2, 0.25) is 11.8 Å². The number of rotatable bonds is 9. The lowest BCUT2D eigenvalue weighted by Gasteiger charge is -2.08. The Bertz CT molecular complexity index is 1140. The highest BCUT2D eigenvalue weighted by Crippen LogP contribution is 2.17. The van der Waals surface area contributed by atoms with Crippen LogP contribution in [0.4, 0.5) is 4.39 Å². The highest BCUT2D eigenvalue weighted by Gasteiger charge is 2.17. The molecule has 3 rings (SSSR count). The maximum atomic E-state index is 12.9. The lowest BCUT2D eigenvalue weighted by molar-refractivity contribution is -0.125. The van der Waals surface area contributed by atoms with E-state index >= 15 is 0 Å². The molecule has 158 valence electrons. The minimum atomic E-state index is -3.70. The molecule has 0 radical (unpaired) electrons. The van der Waals surface area contributed by atoms with Gasteiger partial charge in [0.1, 0.15) is 5.82 Å². The van der Waals surface area contributed by atoms with Gasteiger partial charge in [-0.15, -0.1) is 0 Å². The number of hydrogen-bond donors (Lipinski definition) is 3. The van der Waals surface area contributed by atoms with E-state index in [2.05, 4.69) is 15.6 Å². The van der Waals surface area contributed by atoms with Crippen molar-refractivity contribution < 1.29 is 22.4 Å². The first-order chi connectivity index (χ1) is 14.3. The SMILES string of the molecule is O=C(CCS(=O)(=O)c1ccc(F)cc1)NCC(=O)NCCc1c[nH]c2ccccc12. The van der Waals surface area contributed by atoms with Crippen LogP contribution in [-0.2, 0) is 25.8 Å². The monoisotopic (exact) mass is 431 g/mol. The van der Waals surface area contributed by atoms with Gasteiger partial charge in [-0.25, -0.2) is 12.8 Å². The van der Waals surface area contributed by atoms with Crippen molar-refractivity contribution in [1.29, 1.82) is 0 Å². The number of carbonyl (C=O) groups excluding carboxylic acids is 2. The Morgan fingerprint density at radius 2 is 1.70 bits per heavy atom. The average Bonchev–Trinajstić information content (AvgIpc) is 3.14. The normalized spacial score (nSPS) is 11.4. The summed E-state index contributed by atoms with van der Waals surface area (Å²) in [6, 6.07) is 12.3. The van der Waals surface area contributed by atoms with Crippen molar-refractivity contribution in [3.63, 3.8) is 0 Å². The van der Waals surface area contributed by atoms with Gasteiger partial charge in [-0.1, -0.05) is 18.2 Å². The molecular weight excluding hydrogens is 409 g/mol. The molecule has 2 amide bonds. The molecule has 0 aliphatic rings. The van der Waals surface area contributed by atoms with Crippen LogP contribution in [0.15, 0.2) is 59.6 Å². The van der Waals surface area contributed by atoms with Gasteiger partial charge in [-0.05, 0) is 42.3 Å². The Morgan fingerprint density at radius 1 is 0.967 bits per heavy atom. The van der Waals surface area contributed by atoms with E-state index in [0.29, 0.717) is 13.0 Å². The number of benzene rings is 2. The fraction of sp³-hybridized carbons (Fsp3) is 0.238. The first kappa shape index (κ1) is 21.5. The fourth-order valence-electron chi connectivity index (χ4n) is 2.99. The number of nitrogens with one attached hydrogen (secondary N) is 3. The van der Waals surface area contributed by atoms with Gasteiger partial charge >= 0.3 is 0 Å². The van der Waals surface area contributed by atoms with Crippen LogP contribution in [0.2, 0.25) is 0 Å². The highest BCUT2D eigenvalue weighted by atomic mass is 32.2. The zero-order valence-electron chi connectivity index (χ0n) is 16.2. The minimum absolute atomic E-state index is 0.0493. The van der Waals surface area contributed by atoms with E-state index in [1.165, 1.54) is 0 Å². The van der Waals surface area contributed by atoms with Crippen molar-refractivity contribution >= 4 is 32.6 Å². The van der Waals surface area contributed by atoms with E-state index in [9.17, 15) is 22.4 Å². The Morgan fingerprint density at radius 3 is 2.47 bits per heavy atom. The van der Waals surface area contributed by atoms with E-state index < -0.39 is 27.3 Å². The second-order valence-corrected chi connectivity index (χ2v) is 8.87. The zero-order valence-corrected chi connectivity index (χ0v) is 17.0. The van der Waals surface area contributed by atoms with Gasteiger partial charge in [0.05, 0.1) is 17.2 Å². The largest absolute Gasteiger partial charge is 0.361 e. The lowest BCUT2D eigenvalue weighted by Crippen LogP contribution is -2.38. The summed E-state index contributed by atoms with van der Waals surface area (Å²) in [6.07, 6.45) is 2.25. The molecule has 7 nitrogen and oxygen atoms in total. The summed E-state index contributed by atoms with van der Waals surface area (Å²) in [4.78, 5) is 26.9. The second-order valence-electron chi connectivity index (χ2n) is 6.76. The number of para-hydroxylation sites is 1. The van der Waals surface area contributed by atoms with Crippen molar-refractivity contribution in [2.45, 2.75) is 17.7 Å². The summed E-state index contributed by atoms with van der Waals surface area (Å²) in [5.74, 6) is -1.87. The van der Waals surface area contributed by atoms with Crippen LogP contribution >= 0.6 is 0 Å². The molecule has 2 aromatic carbocycles. The van der Waals surface area contributed by atoms with E-state index in [4.69, 9.17) is 0 Å². The predicted octanol–water partition coefficient (Wildman–Crippen LogP) is 1.95. The molecule has 0 aliphatic carbocycles. The van der Waals surface area contributed by atoms with Crippen molar-refractivity contribution in [3.8, 4) is 0 Å². The number of sulfone groups is 1. The van der Waals surface area contributed by atoms with Gasteiger partial charge in [-0.2, -0.15) is 0 Å². The van der Waals surface area contributed by atoms with E-state index in [-0.39, 0.29) is 23.8 Å². The molecule has 3 aromatic rings. The first-order valence-corrected chi connectivity index (χ1v) is 11.1. The van der Waals surface area contributed by atoms with E-state index in [1.54, 1.807) is 0 Å². The Balaban J connectivity index is 1.38. The summed E-state index contributed by atoms with van der Waals surface area (Å²) in [5, 5.41) is 6.23. The maximum absolute atomic E-state index is 12.9. The van der Waals surface area contributed by atoms with Gasteiger partial charge in [0.15, 0.2) is 9.84 Å². The average molecular weight is 431 g/mol. The standard InChI is InChI=1S/C21H22FN3O4S/c22-16-5-7-17(8-6-16)30(28,29)12-10-20(26)25-14-21(27)23-11-9-15-13-24-19-4-2-1-3-18(15)19/h1-8,13,24H,9-12,14H2,(H,23,27)(H,25,26). The van der Waals surface area contributed by atoms with Crippen LogP contribution < -0.4 is 10.6 Å². The fourth-order valence-corrected chi connectivity index (χ4v) is 4.23. The molecular formula is C21H22FN3O4S. The van der Waals surface area contributed by atoms with E-state index in [0.717, 1.165) is 40.7 Å². The van der Waals surface area contributed by atoms with Crippen molar-refractivity contribution in [1.82, 2.24) is 15.6 Å². The number of fused-ring (bicyclic) bond motifs is 1. The number of halogens is 1. The van der Waals surface area contributed by atoms with Gasteiger partial charge in [0.25, 0.3) is 0 Å². The van der Waals surface area contributed by atoms with Crippen LogP contribution in [0, 0.1) is 5.82 Å². The maximum Gasteiger partial charge on any atom is 0.239 e. The van der Waals surface area contributed by atoms with Crippen molar-refractivity contribution in [2.24, 2.45) is 0 Å². The van der Waals surface area contributed by atoms with Gasteiger partial charge in [-0.3, -0.25) is 9.59 Å². The van der Waals surface area contributed by atoms with Crippen LogP contribution in [-0.4, -0.2) is 44.1 Å². The molecule has 0 saturated heterocycles. The third-order valence-corrected chi connectivity index (χ3v) is 6.34. The van der Waals surface area contributed by atoms with Crippen LogP contribution in [0.25, 0.3) is 10.9 Å². The number of carbonyl (C=O) groups is 2. The summed E-state index contributed by atoms with van der Waals surface area (Å²) in [6.45, 7) is 0.179. The molecule has 0 saturated carbocycles. The lowest BCUT2D eigenvalue weighted by atomic mass is 10.1. The van der Waals surface area contributed by atoms with Crippen LogP contribution in [0.5, 0.6) is 0 Å². The highest BCUT2D eigenvalue weighted by molar-refractivity contribution is 7.91. The molecule has 30 heavy (non-hydrogen) atoms. The van der Waals surface area contributed by atoms with Gasteiger partial charge < -0.3 is 15.6 Å². The predicted molar refractivity (Wildman–Crippen MR) is 111 cm³/mol. The molecule has 1 aromatic heterocycles. The Hall–Kier alpha value is -3.20. The van der Waals surface area contributed by atoms with Crippen LogP contribution in [0.3, 0.4) is 0 Å². The van der Waals surface area contributed by atoms with Crippen molar-refractivity contribution in [3.05, 3.63) is 66.1 Å². The van der Waals surface area contributed by atoms with Crippen molar-refractivity contribution in [2.75, 3.05) is 18.8 Å². The molecule has 0 unspecified atom stereocenters. The molecule has 0 spiro atoms. The van der Waals surface area contributed by atoms with E-state index in [1.807, 2.05) is 30.5 Å². The summed E-state index contributed by atoms with van der Waals surface area (Å²) in [7, 11) is -3.70. The number of hydrogen-bond acceptors (Lipinski definition) is 4. The molecule has 9 heteroatoms. The first-order valence-electron chi connectivity index (χ1n) is 9.42. The number of amides is 2. The molecule has 3 N–H and O–H groups in total. The topological polar surface area (TPSA) is 108 Å². The minimum Gasteiger partial charge on any atom is -0.361 e. The summed E-state index contributed by atoms with van der Waals surface area (Å²) >= 11 is 0. The summed E-state index contributed by atoms with van der Waals surface area (Å²) < 4.78 is 37.2. The smallest absolute Gasteiger partial charge is 0.239 e. The van der Waals surface area contributed by atoms with Crippen LogP contribution in [0.1, 0.15) is 12.0 Å². The molecule has 0 aliphatic heterocycles. The molecule has 0 fully saturated rings. The second kappa shape index (κ2) is 9.53. The number of H-pyrrole nitrogens is 1. The third-order valence-electron chi connectivity index (χ3n) is 4.61. The Labute approximate surface area is 173 Å². The van der Waals surface area contributed by atoms with Gasteiger partial charge in [0, 0.05) is 30.1 Å². The summed E-state index contributed by atoms with van der Waals surface area (Å²) in [5.41, 5.74) is 2.11. The molecule has 0 atom stereocenters. The quantitative estimate of drug-likeness (QED) is 0.450. The number of aromatic amines is 1. The molecule has 0 bridgehead atoms.